The van der Waals surface area contributed by atoms with Gasteiger partial charge in [-0.25, -0.2) is 4.68 Å². The minimum Gasteiger partial charge on any atom is -0.367 e. The molecule has 0 bridgehead atoms. The number of aromatic nitrogens is 4. The molecule has 1 saturated heterocycles. The highest BCUT2D eigenvalue weighted by Gasteiger charge is 2.46. The van der Waals surface area contributed by atoms with Gasteiger partial charge in [0.25, 0.3) is 0 Å². The molecule has 2 aliphatic rings. The number of amides is 1. The molecule has 0 aliphatic carbocycles. The molecule has 10 heteroatoms. The van der Waals surface area contributed by atoms with Crippen LogP contribution in [-0.2, 0) is 11.3 Å². The van der Waals surface area contributed by atoms with Crippen molar-refractivity contribution < 1.29 is 18.0 Å². The molecular weight excluding hydrogens is 385 g/mol. The molecule has 0 aromatic carbocycles. The highest BCUT2D eigenvalue weighted by atomic mass is 19.4. The molecule has 1 N–H and O–H groups in total. The van der Waals surface area contributed by atoms with Gasteiger partial charge in [0.1, 0.15) is 5.82 Å². The Hall–Kier alpha value is -2.52. The Morgan fingerprint density at radius 2 is 2.21 bits per heavy atom. The van der Waals surface area contributed by atoms with Gasteiger partial charge in [0.05, 0.1) is 11.7 Å². The van der Waals surface area contributed by atoms with Crippen LogP contribution < -0.4 is 5.32 Å². The first-order valence-corrected chi connectivity index (χ1v) is 10.1. The molecule has 0 unspecified atom stereocenters. The molecule has 0 saturated carbocycles. The summed E-state index contributed by atoms with van der Waals surface area (Å²) in [5.74, 6) is 0.358. The Morgan fingerprint density at radius 3 is 2.90 bits per heavy atom. The first kappa shape index (κ1) is 19.8. The summed E-state index contributed by atoms with van der Waals surface area (Å²) < 4.78 is 43.5. The molecule has 3 atom stereocenters. The van der Waals surface area contributed by atoms with Gasteiger partial charge in [-0.2, -0.15) is 23.4 Å². The molecule has 2 aromatic heterocycles. The second-order valence-corrected chi connectivity index (χ2v) is 7.71. The summed E-state index contributed by atoms with van der Waals surface area (Å²) in [6, 6.07) is 1.32. The van der Waals surface area contributed by atoms with Gasteiger partial charge in [-0.3, -0.25) is 9.48 Å². The largest absolute Gasteiger partial charge is 0.410 e. The number of fused-ring (bicyclic) bond motifs is 1. The third-order valence-electron chi connectivity index (χ3n) is 5.81. The van der Waals surface area contributed by atoms with Crippen molar-refractivity contribution in [2.75, 3.05) is 11.9 Å². The van der Waals surface area contributed by atoms with Gasteiger partial charge in [0.15, 0.2) is 6.04 Å². The van der Waals surface area contributed by atoms with Crippen molar-refractivity contribution in [3.05, 3.63) is 30.2 Å². The number of rotatable bonds is 5. The lowest BCUT2D eigenvalue weighted by Gasteiger charge is -2.32. The molecule has 7 nitrogen and oxygen atoms in total. The lowest BCUT2D eigenvalue weighted by molar-refractivity contribution is -0.173. The van der Waals surface area contributed by atoms with Crippen molar-refractivity contribution in [2.24, 2.45) is 0 Å². The lowest BCUT2D eigenvalue weighted by Crippen LogP contribution is -2.39. The van der Waals surface area contributed by atoms with Crippen LogP contribution in [0.1, 0.15) is 56.8 Å². The van der Waals surface area contributed by atoms with Crippen molar-refractivity contribution in [3.63, 3.8) is 0 Å². The molecule has 0 radical (unpaired) electrons. The second-order valence-electron chi connectivity index (χ2n) is 7.71. The minimum atomic E-state index is -4.36. The van der Waals surface area contributed by atoms with Gasteiger partial charge in [-0.1, -0.05) is 6.92 Å². The van der Waals surface area contributed by atoms with E-state index in [1.807, 2.05) is 6.92 Å². The average Bonchev–Trinajstić information content (AvgIpc) is 3.43. The predicted octanol–water partition coefficient (Wildman–Crippen LogP) is 3.53. The zero-order valence-corrected chi connectivity index (χ0v) is 16.3. The van der Waals surface area contributed by atoms with Crippen LogP contribution in [0.3, 0.4) is 0 Å². The highest BCUT2D eigenvalue weighted by molar-refractivity contribution is 5.77. The van der Waals surface area contributed by atoms with Crippen LogP contribution >= 0.6 is 0 Å². The maximum absolute atomic E-state index is 13.6. The Kier molecular flexibility index (Phi) is 5.26. The molecule has 4 heterocycles. The van der Waals surface area contributed by atoms with Crippen LogP contribution in [0.25, 0.3) is 0 Å². The summed E-state index contributed by atoms with van der Waals surface area (Å²) in [5.41, 5.74) is 0.531. The highest BCUT2D eigenvalue weighted by Crippen LogP contribution is 2.42. The SMILES string of the molecule is CC[C@@H]1C[C@H](C(F)(F)F)n2nc([C@@H]3CCCN3C(=O)CCn3cccn3)cc2N1. The third-order valence-corrected chi connectivity index (χ3v) is 5.81. The summed E-state index contributed by atoms with van der Waals surface area (Å²) >= 11 is 0. The molecule has 158 valence electrons. The van der Waals surface area contributed by atoms with Crippen LogP contribution in [0.4, 0.5) is 19.0 Å². The number of hydrogen-bond acceptors (Lipinski definition) is 4. The van der Waals surface area contributed by atoms with Crippen LogP contribution in [0.15, 0.2) is 24.5 Å². The normalized spacial score (nSPS) is 24.4. The number of hydrogen-bond donors (Lipinski definition) is 1. The van der Waals surface area contributed by atoms with Crippen molar-refractivity contribution in [1.29, 1.82) is 0 Å². The summed E-state index contributed by atoms with van der Waals surface area (Å²) in [6.45, 7) is 2.94. The number of nitrogens with one attached hydrogen (secondary N) is 1. The standard InChI is InChI=1S/C19H25F3N6O/c1-2-13-11-16(19(20,21)22)28-17(24-13)12-14(25-28)15-5-3-9-27(15)18(29)6-10-26-8-4-7-23-26/h4,7-8,12-13,15-16,24H,2-3,5-6,9-11H2,1H3/t13-,15+,16-/m1/s1. The van der Waals surface area contributed by atoms with Gasteiger partial charge < -0.3 is 10.2 Å². The molecule has 0 spiro atoms. The van der Waals surface area contributed by atoms with E-state index in [-0.39, 0.29) is 24.4 Å². The first-order chi connectivity index (χ1) is 13.9. The van der Waals surface area contributed by atoms with Crippen LogP contribution in [-0.4, -0.2) is 49.1 Å². The van der Waals surface area contributed by atoms with E-state index in [2.05, 4.69) is 15.5 Å². The van der Waals surface area contributed by atoms with Gasteiger partial charge >= 0.3 is 6.18 Å². The number of aryl methyl sites for hydroxylation is 1. The fraction of sp³-hybridized carbons (Fsp3) is 0.632. The average molecular weight is 410 g/mol. The number of carbonyl (C=O) groups excluding carboxylic acids is 1. The Morgan fingerprint density at radius 1 is 1.38 bits per heavy atom. The number of likely N-dealkylation sites (tertiary alicyclic amines) is 1. The van der Waals surface area contributed by atoms with Crippen LogP contribution in [0.2, 0.25) is 0 Å². The number of nitrogens with zero attached hydrogens (tertiary/aromatic N) is 5. The molecule has 1 amide bonds. The van der Waals surface area contributed by atoms with Crippen LogP contribution in [0, 0.1) is 0 Å². The summed E-state index contributed by atoms with van der Waals surface area (Å²) in [7, 11) is 0. The lowest BCUT2D eigenvalue weighted by atomic mass is 10.0. The van der Waals surface area contributed by atoms with Gasteiger partial charge in [0.2, 0.25) is 5.91 Å². The number of halogens is 3. The summed E-state index contributed by atoms with van der Waals surface area (Å²) in [5, 5.41) is 11.6. The van der Waals surface area contributed by atoms with Crippen molar-refractivity contribution in [1.82, 2.24) is 24.5 Å². The fourth-order valence-corrected chi connectivity index (χ4v) is 4.26. The second kappa shape index (κ2) is 7.72. The molecule has 2 aromatic rings. The van der Waals surface area contributed by atoms with E-state index in [0.717, 1.165) is 11.1 Å². The molecule has 1 fully saturated rings. The minimum absolute atomic E-state index is 0.0271. The zero-order chi connectivity index (χ0) is 20.6. The van der Waals surface area contributed by atoms with Gasteiger partial charge in [-0.15, -0.1) is 0 Å². The smallest absolute Gasteiger partial charge is 0.367 e. The quantitative estimate of drug-likeness (QED) is 0.819. The summed E-state index contributed by atoms with van der Waals surface area (Å²) in [4.78, 5) is 14.5. The number of alkyl halides is 3. The fourth-order valence-electron chi connectivity index (χ4n) is 4.26. The van der Waals surface area contributed by atoms with E-state index in [9.17, 15) is 18.0 Å². The molecule has 29 heavy (non-hydrogen) atoms. The first-order valence-electron chi connectivity index (χ1n) is 10.1. The van der Waals surface area contributed by atoms with Crippen LogP contribution in [0.5, 0.6) is 0 Å². The van der Waals surface area contributed by atoms with E-state index in [1.54, 1.807) is 34.1 Å². The molecule has 4 rings (SSSR count). The maximum Gasteiger partial charge on any atom is 0.410 e. The Bertz CT molecular complexity index is 847. The zero-order valence-electron chi connectivity index (χ0n) is 16.3. The van der Waals surface area contributed by atoms with Gasteiger partial charge in [-0.05, 0) is 31.7 Å². The maximum atomic E-state index is 13.6. The van der Waals surface area contributed by atoms with E-state index < -0.39 is 12.2 Å². The monoisotopic (exact) mass is 410 g/mol. The molecule has 2 aliphatic heterocycles. The van der Waals surface area contributed by atoms with Gasteiger partial charge in [0, 0.05) is 44.0 Å². The van der Waals surface area contributed by atoms with Crippen molar-refractivity contribution in [3.8, 4) is 0 Å². The predicted molar refractivity (Wildman–Crippen MR) is 100 cm³/mol. The Labute approximate surface area is 166 Å². The van der Waals surface area contributed by atoms with Crippen molar-refractivity contribution >= 4 is 11.7 Å². The third kappa shape index (κ3) is 3.97. The summed E-state index contributed by atoms with van der Waals surface area (Å²) in [6.07, 6.45) is 1.49. The van der Waals surface area contributed by atoms with Crippen molar-refractivity contribution in [2.45, 2.75) is 69.9 Å². The molecular formula is C19H25F3N6O. The van der Waals surface area contributed by atoms with E-state index in [4.69, 9.17) is 0 Å². The number of anilines is 1. The van der Waals surface area contributed by atoms with E-state index in [0.29, 0.717) is 43.9 Å². The topological polar surface area (TPSA) is 68.0 Å². The van der Waals surface area contributed by atoms with E-state index >= 15 is 0 Å². The Balaban J connectivity index is 1.53. The van der Waals surface area contributed by atoms with E-state index in [1.165, 1.54) is 0 Å². The number of carbonyl (C=O) groups is 1.